The van der Waals surface area contributed by atoms with Gasteiger partial charge in [-0.15, -0.1) is 0 Å². The van der Waals surface area contributed by atoms with E-state index < -0.39 is 9.84 Å². The van der Waals surface area contributed by atoms with Gasteiger partial charge in [0.2, 0.25) is 0 Å². The summed E-state index contributed by atoms with van der Waals surface area (Å²) in [6.07, 6.45) is 4.51. The van der Waals surface area contributed by atoms with Gasteiger partial charge in [0, 0.05) is 38.1 Å². The Labute approximate surface area is 189 Å². The molecule has 1 unspecified atom stereocenters. The Bertz CT molecular complexity index is 1240. The van der Waals surface area contributed by atoms with Crippen LogP contribution >= 0.6 is 0 Å². The van der Waals surface area contributed by atoms with Crippen LogP contribution in [0.3, 0.4) is 0 Å². The molecule has 0 saturated carbocycles. The van der Waals surface area contributed by atoms with Gasteiger partial charge in [0.05, 0.1) is 40.8 Å². The molecule has 1 N–H and O–H groups in total. The largest absolute Gasteiger partial charge is 0.364 e. The first kappa shape index (κ1) is 22.1. The predicted octanol–water partition coefficient (Wildman–Crippen LogP) is 2.81. The number of hydrogen-bond acceptors (Lipinski definition) is 6. The number of nitrogens with zero attached hydrogens (tertiary/aromatic N) is 4. The second-order valence-corrected chi connectivity index (χ2v) is 10.4. The van der Waals surface area contributed by atoms with Crippen LogP contribution in [0.4, 0.5) is 5.69 Å². The Morgan fingerprint density at radius 1 is 1.22 bits per heavy atom. The van der Waals surface area contributed by atoms with Gasteiger partial charge in [-0.3, -0.25) is 0 Å². The third-order valence-electron chi connectivity index (χ3n) is 5.98. The van der Waals surface area contributed by atoms with Gasteiger partial charge >= 0.3 is 0 Å². The van der Waals surface area contributed by atoms with Crippen LogP contribution in [0.5, 0.6) is 0 Å². The number of benzene rings is 2. The third-order valence-corrected chi connectivity index (χ3v) is 7.73. The van der Waals surface area contributed by atoms with Crippen molar-refractivity contribution in [3.05, 3.63) is 77.4 Å². The average molecular weight is 450 g/mol. The van der Waals surface area contributed by atoms with E-state index >= 15 is 0 Å². The van der Waals surface area contributed by atoms with E-state index in [0.717, 1.165) is 42.0 Å². The molecule has 7 nitrogen and oxygen atoms in total. The van der Waals surface area contributed by atoms with E-state index in [2.05, 4.69) is 21.3 Å². The molecule has 2 aromatic carbocycles. The van der Waals surface area contributed by atoms with Crippen LogP contribution in [0.1, 0.15) is 29.3 Å². The minimum atomic E-state index is -3.19. The molecule has 0 bridgehead atoms. The van der Waals surface area contributed by atoms with E-state index in [1.165, 1.54) is 0 Å². The maximum absolute atomic E-state index is 12.0. The second kappa shape index (κ2) is 9.15. The van der Waals surface area contributed by atoms with E-state index in [4.69, 9.17) is 0 Å². The molecule has 32 heavy (non-hydrogen) atoms. The third kappa shape index (κ3) is 4.69. The Kier molecular flexibility index (Phi) is 6.31. The first-order valence-electron chi connectivity index (χ1n) is 10.7. The number of anilines is 1. The lowest BCUT2D eigenvalue weighted by Gasteiger charge is -2.36. The van der Waals surface area contributed by atoms with Gasteiger partial charge < -0.3 is 14.8 Å². The monoisotopic (exact) mass is 449 g/mol. The fourth-order valence-electron chi connectivity index (χ4n) is 4.08. The number of aryl methyl sites for hydroxylation is 1. The maximum atomic E-state index is 12.0. The molecule has 0 fully saturated rings. The Hall–Kier alpha value is -3.15. The van der Waals surface area contributed by atoms with Gasteiger partial charge in [-0.25, -0.2) is 13.4 Å². The number of fused-ring (bicyclic) bond motifs is 1. The molecule has 1 aliphatic rings. The summed E-state index contributed by atoms with van der Waals surface area (Å²) < 4.78 is 26.1. The highest BCUT2D eigenvalue weighted by molar-refractivity contribution is 7.91. The van der Waals surface area contributed by atoms with E-state index in [0.29, 0.717) is 17.0 Å². The van der Waals surface area contributed by atoms with E-state index in [1.54, 1.807) is 25.4 Å². The van der Waals surface area contributed by atoms with Crippen molar-refractivity contribution in [2.75, 3.05) is 17.2 Å². The van der Waals surface area contributed by atoms with Crippen molar-refractivity contribution in [1.82, 2.24) is 14.9 Å². The van der Waals surface area contributed by atoms with Gasteiger partial charge in [-0.05, 0) is 47.9 Å². The molecule has 3 aromatic rings. The fourth-order valence-corrected chi connectivity index (χ4v) is 4.97. The molecule has 0 spiro atoms. The molecule has 0 radical (unpaired) electrons. The van der Waals surface area contributed by atoms with Crippen molar-refractivity contribution in [3.8, 4) is 6.07 Å². The van der Waals surface area contributed by atoms with Crippen molar-refractivity contribution >= 4 is 15.5 Å². The molecular weight excluding hydrogens is 422 g/mol. The van der Waals surface area contributed by atoms with Crippen LogP contribution in [0.2, 0.25) is 0 Å². The predicted molar refractivity (Wildman–Crippen MR) is 124 cm³/mol. The summed E-state index contributed by atoms with van der Waals surface area (Å²) in [4.78, 5) is 6.92. The lowest BCUT2D eigenvalue weighted by Crippen LogP contribution is -2.46. The molecule has 8 heteroatoms. The Morgan fingerprint density at radius 3 is 2.66 bits per heavy atom. The summed E-state index contributed by atoms with van der Waals surface area (Å²) >= 11 is 0. The standard InChI is InChI=1S/C24H27N5O2S/c1-3-32(30,31)23-7-4-18(5-8-23)13-27-21-11-20-10-19(12-25)6-9-24(20)29(15-21)16-22-14-26-17-28(22)2/h4-10,14,17,21,27H,3,11,13,15-16H2,1-2H3. The van der Waals surface area contributed by atoms with Crippen LogP contribution in [-0.4, -0.2) is 36.3 Å². The minimum absolute atomic E-state index is 0.100. The Morgan fingerprint density at radius 2 is 2.00 bits per heavy atom. The number of hydrogen-bond donors (Lipinski definition) is 1. The van der Waals surface area contributed by atoms with Crippen molar-refractivity contribution in [2.45, 2.75) is 37.4 Å². The summed E-state index contributed by atoms with van der Waals surface area (Å²) in [7, 11) is -1.20. The highest BCUT2D eigenvalue weighted by Crippen LogP contribution is 2.29. The van der Waals surface area contributed by atoms with Gasteiger partial charge in [0.25, 0.3) is 0 Å². The maximum Gasteiger partial charge on any atom is 0.178 e. The molecule has 0 aliphatic carbocycles. The molecule has 1 aliphatic heterocycles. The van der Waals surface area contributed by atoms with Crippen molar-refractivity contribution in [3.63, 3.8) is 0 Å². The minimum Gasteiger partial charge on any atom is -0.364 e. The number of imidazole rings is 1. The van der Waals surface area contributed by atoms with Gasteiger partial charge in [0.1, 0.15) is 0 Å². The molecule has 0 amide bonds. The van der Waals surface area contributed by atoms with Crippen molar-refractivity contribution in [2.24, 2.45) is 7.05 Å². The van der Waals surface area contributed by atoms with Crippen molar-refractivity contribution < 1.29 is 8.42 Å². The Balaban J connectivity index is 1.50. The molecule has 166 valence electrons. The number of aromatic nitrogens is 2. The number of nitrogens with one attached hydrogen (secondary N) is 1. The molecule has 1 atom stereocenters. The SMILES string of the molecule is CCS(=O)(=O)c1ccc(CNC2Cc3cc(C#N)ccc3N(Cc3cncn3C)C2)cc1. The van der Waals surface area contributed by atoms with E-state index in [-0.39, 0.29) is 11.8 Å². The highest BCUT2D eigenvalue weighted by atomic mass is 32.2. The van der Waals surface area contributed by atoms with Crippen LogP contribution in [0, 0.1) is 11.3 Å². The molecule has 2 heterocycles. The summed E-state index contributed by atoms with van der Waals surface area (Å²) in [6, 6.07) is 15.4. The number of rotatable bonds is 7. The summed E-state index contributed by atoms with van der Waals surface area (Å²) in [6.45, 7) is 3.86. The number of nitriles is 1. The van der Waals surface area contributed by atoms with Gasteiger partial charge in [-0.1, -0.05) is 19.1 Å². The zero-order chi connectivity index (χ0) is 22.7. The van der Waals surface area contributed by atoms with Gasteiger partial charge in [0.15, 0.2) is 9.84 Å². The summed E-state index contributed by atoms with van der Waals surface area (Å²) in [5.41, 5.74) is 5.12. The zero-order valence-electron chi connectivity index (χ0n) is 18.3. The molecule has 0 saturated heterocycles. The number of sulfone groups is 1. The van der Waals surface area contributed by atoms with E-state index in [9.17, 15) is 13.7 Å². The lowest BCUT2D eigenvalue weighted by molar-refractivity contribution is 0.478. The first-order chi connectivity index (χ1) is 15.4. The fraction of sp³-hybridized carbons (Fsp3) is 0.333. The van der Waals surface area contributed by atoms with Gasteiger partial charge in [-0.2, -0.15) is 5.26 Å². The molecule has 4 rings (SSSR count). The smallest absolute Gasteiger partial charge is 0.178 e. The normalized spacial score (nSPS) is 15.9. The van der Waals surface area contributed by atoms with Crippen LogP contribution in [-0.2, 0) is 36.4 Å². The first-order valence-corrected chi connectivity index (χ1v) is 12.3. The zero-order valence-corrected chi connectivity index (χ0v) is 19.1. The van der Waals surface area contributed by atoms with Crippen LogP contribution in [0.25, 0.3) is 0 Å². The quantitative estimate of drug-likeness (QED) is 0.596. The molecule has 1 aromatic heterocycles. The topological polar surface area (TPSA) is 91.0 Å². The average Bonchev–Trinajstić information content (AvgIpc) is 3.21. The van der Waals surface area contributed by atoms with E-state index in [1.807, 2.05) is 48.1 Å². The second-order valence-electron chi connectivity index (χ2n) is 8.16. The van der Waals surface area contributed by atoms with Crippen LogP contribution in [0.15, 0.2) is 59.9 Å². The summed E-state index contributed by atoms with van der Waals surface area (Å²) in [5, 5.41) is 12.9. The van der Waals surface area contributed by atoms with Crippen molar-refractivity contribution in [1.29, 1.82) is 5.26 Å². The highest BCUT2D eigenvalue weighted by Gasteiger charge is 2.25. The van der Waals surface area contributed by atoms with Crippen LogP contribution < -0.4 is 10.2 Å². The summed E-state index contributed by atoms with van der Waals surface area (Å²) in [5.74, 6) is 0.100. The molecular formula is C24H27N5O2S. The lowest BCUT2D eigenvalue weighted by atomic mass is 9.95.